The summed E-state index contributed by atoms with van der Waals surface area (Å²) in [6, 6.07) is 18.2. The summed E-state index contributed by atoms with van der Waals surface area (Å²) in [5, 5.41) is 5.13. The van der Waals surface area contributed by atoms with E-state index < -0.39 is 11.7 Å². The Bertz CT molecular complexity index is 1570. The van der Waals surface area contributed by atoms with Crippen molar-refractivity contribution in [2.24, 2.45) is 0 Å². The van der Waals surface area contributed by atoms with Crippen LogP contribution in [0.1, 0.15) is 52.6 Å². The molecule has 2 heterocycles. The van der Waals surface area contributed by atoms with Gasteiger partial charge < -0.3 is 5.32 Å². The quantitative estimate of drug-likeness (QED) is 0.267. The maximum absolute atomic E-state index is 14.0. The molecule has 0 spiro atoms. The van der Waals surface area contributed by atoms with E-state index in [0.29, 0.717) is 23.5 Å². The lowest BCUT2D eigenvalue weighted by Crippen LogP contribution is -2.30. The van der Waals surface area contributed by atoms with E-state index >= 15 is 0 Å². The molecular weight excluding hydrogens is 495 g/mol. The molecule has 3 aromatic carbocycles. The van der Waals surface area contributed by atoms with E-state index in [-0.39, 0.29) is 0 Å². The zero-order chi connectivity index (χ0) is 27.4. The zero-order valence-corrected chi connectivity index (χ0v) is 21.9. The summed E-state index contributed by atoms with van der Waals surface area (Å²) < 4.78 is 41.9. The fourth-order valence-corrected chi connectivity index (χ4v) is 4.96. The highest BCUT2D eigenvalue weighted by atomic mass is 19.4. The van der Waals surface area contributed by atoms with Gasteiger partial charge in [-0.05, 0) is 67.7 Å². The van der Waals surface area contributed by atoms with Crippen LogP contribution >= 0.6 is 0 Å². The van der Waals surface area contributed by atoms with E-state index in [4.69, 9.17) is 0 Å². The Labute approximate surface area is 227 Å². The van der Waals surface area contributed by atoms with Crippen LogP contribution in [0.25, 0.3) is 16.5 Å². The van der Waals surface area contributed by atoms with Crippen molar-refractivity contribution in [1.82, 2.24) is 9.88 Å². The van der Waals surface area contributed by atoms with E-state index in [1.54, 1.807) is 18.3 Å². The van der Waals surface area contributed by atoms with Crippen LogP contribution in [0.5, 0.6) is 0 Å². The predicted molar refractivity (Wildman–Crippen MR) is 152 cm³/mol. The number of hydrogen-bond donors (Lipinski definition) is 1. The van der Waals surface area contributed by atoms with E-state index in [1.165, 1.54) is 6.07 Å². The number of benzene rings is 3. The van der Waals surface area contributed by atoms with Crippen LogP contribution in [-0.2, 0) is 12.7 Å². The molecule has 0 atom stereocenters. The number of pyridine rings is 1. The molecule has 1 fully saturated rings. The van der Waals surface area contributed by atoms with Crippen LogP contribution < -0.4 is 5.32 Å². The number of nitrogens with zero attached hydrogens (tertiary/aromatic N) is 2. The largest absolute Gasteiger partial charge is 0.416 e. The third kappa shape index (κ3) is 6.32. The number of aryl methyl sites for hydroxylation is 1. The van der Waals surface area contributed by atoms with Crippen LogP contribution in [0.3, 0.4) is 0 Å². The maximum Gasteiger partial charge on any atom is 0.416 e. The first-order valence-electron chi connectivity index (χ1n) is 13.1. The lowest BCUT2D eigenvalue weighted by Gasteiger charge is -2.28. The monoisotopic (exact) mass is 525 g/mol. The molecule has 1 N–H and O–H groups in total. The molecule has 1 aliphatic rings. The molecule has 3 nitrogen and oxygen atoms in total. The molecule has 1 aromatic heterocycles. The van der Waals surface area contributed by atoms with Crippen molar-refractivity contribution < 1.29 is 13.2 Å². The van der Waals surface area contributed by atoms with Gasteiger partial charge in [-0.3, -0.25) is 9.88 Å². The third-order valence-corrected chi connectivity index (χ3v) is 7.14. The van der Waals surface area contributed by atoms with E-state index in [1.807, 2.05) is 55.6 Å². The Hall–Kier alpha value is -4.08. The number of alkyl halides is 3. The molecule has 0 unspecified atom stereocenters. The molecule has 198 valence electrons. The maximum atomic E-state index is 14.0. The van der Waals surface area contributed by atoms with Gasteiger partial charge in [0.05, 0.1) is 11.1 Å². The van der Waals surface area contributed by atoms with E-state index in [2.05, 4.69) is 33.6 Å². The van der Waals surface area contributed by atoms with Crippen molar-refractivity contribution in [1.29, 1.82) is 0 Å². The van der Waals surface area contributed by atoms with Crippen LogP contribution in [0.15, 0.2) is 79.6 Å². The van der Waals surface area contributed by atoms with Gasteiger partial charge >= 0.3 is 6.18 Å². The molecule has 0 amide bonds. The molecule has 0 radical (unpaired) electrons. The van der Waals surface area contributed by atoms with Gasteiger partial charge in [0, 0.05) is 46.7 Å². The SMILES string of the molecule is C=C(Nc1ccc(CN2CCCCC2)c(C(F)(F)F)c1)c1ccc(C)c(C#Cc2cncc3ccccc23)c1. The standard InChI is InChI=1S/C33H30F3N3/c1-23-10-11-26(18-25(23)12-13-28-21-37-20-27-8-4-5-9-31(27)28)24(2)38-30-15-14-29(32(19-30)33(34,35)36)22-39-16-6-3-7-17-39/h4-5,8-11,14-15,18-21,38H,2-3,6-7,16-17,22H2,1H3. The summed E-state index contributed by atoms with van der Waals surface area (Å²) in [4.78, 5) is 6.39. The summed E-state index contributed by atoms with van der Waals surface area (Å²) in [6.07, 6.45) is 2.33. The summed E-state index contributed by atoms with van der Waals surface area (Å²) in [5.74, 6) is 6.48. The average molecular weight is 526 g/mol. The molecule has 6 heteroatoms. The summed E-state index contributed by atoms with van der Waals surface area (Å²) in [5.41, 5.74) is 3.95. The van der Waals surface area contributed by atoms with Crippen LogP contribution in [-0.4, -0.2) is 23.0 Å². The fourth-order valence-electron chi connectivity index (χ4n) is 4.96. The molecule has 39 heavy (non-hydrogen) atoms. The molecule has 4 aromatic rings. The Balaban J connectivity index is 1.37. The van der Waals surface area contributed by atoms with Gasteiger partial charge in [-0.1, -0.05) is 67.3 Å². The first kappa shape index (κ1) is 26.5. The number of halogens is 3. The summed E-state index contributed by atoms with van der Waals surface area (Å²) in [6.45, 7) is 8.06. The number of aromatic nitrogens is 1. The number of nitrogens with one attached hydrogen (secondary N) is 1. The van der Waals surface area contributed by atoms with Crippen molar-refractivity contribution in [2.75, 3.05) is 18.4 Å². The van der Waals surface area contributed by atoms with Gasteiger partial charge in [0.1, 0.15) is 0 Å². The number of piperidine rings is 1. The van der Waals surface area contributed by atoms with E-state index in [9.17, 15) is 13.2 Å². The normalized spacial score (nSPS) is 14.1. The van der Waals surface area contributed by atoms with Crippen molar-refractivity contribution in [3.05, 3.63) is 113 Å². The molecule has 0 aliphatic carbocycles. The highest BCUT2D eigenvalue weighted by Gasteiger charge is 2.34. The number of rotatable bonds is 5. The zero-order valence-electron chi connectivity index (χ0n) is 21.9. The Morgan fingerprint density at radius 3 is 2.51 bits per heavy atom. The molecule has 1 aliphatic heterocycles. The van der Waals surface area contributed by atoms with Crippen molar-refractivity contribution >= 4 is 22.2 Å². The van der Waals surface area contributed by atoms with Gasteiger partial charge in [0.2, 0.25) is 0 Å². The Morgan fingerprint density at radius 1 is 0.949 bits per heavy atom. The molecule has 0 saturated carbocycles. The summed E-state index contributed by atoms with van der Waals surface area (Å²) >= 11 is 0. The second-order valence-corrected chi connectivity index (χ2v) is 10.00. The minimum absolute atomic E-state index is 0.302. The second kappa shape index (κ2) is 11.3. The molecule has 1 saturated heterocycles. The van der Waals surface area contributed by atoms with Gasteiger partial charge in [-0.2, -0.15) is 13.2 Å². The minimum Gasteiger partial charge on any atom is -0.356 e. The Kier molecular flexibility index (Phi) is 7.72. The number of likely N-dealkylation sites (tertiary alicyclic amines) is 1. The smallest absolute Gasteiger partial charge is 0.356 e. The minimum atomic E-state index is -4.44. The number of anilines is 1. The fraction of sp³-hybridized carbons (Fsp3) is 0.242. The van der Waals surface area contributed by atoms with E-state index in [0.717, 1.165) is 65.4 Å². The first-order valence-corrected chi connectivity index (χ1v) is 13.1. The van der Waals surface area contributed by atoms with Crippen LogP contribution in [0.4, 0.5) is 18.9 Å². The van der Waals surface area contributed by atoms with Gasteiger partial charge in [-0.15, -0.1) is 0 Å². The van der Waals surface area contributed by atoms with Crippen LogP contribution in [0, 0.1) is 18.8 Å². The second-order valence-electron chi connectivity index (χ2n) is 10.00. The lowest BCUT2D eigenvalue weighted by atomic mass is 10.0. The summed E-state index contributed by atoms with van der Waals surface area (Å²) in [7, 11) is 0. The highest BCUT2D eigenvalue weighted by molar-refractivity contribution is 5.87. The van der Waals surface area contributed by atoms with Gasteiger partial charge in [0.25, 0.3) is 0 Å². The topological polar surface area (TPSA) is 28.2 Å². The van der Waals surface area contributed by atoms with Crippen molar-refractivity contribution in [3.63, 3.8) is 0 Å². The average Bonchev–Trinajstić information content (AvgIpc) is 2.93. The van der Waals surface area contributed by atoms with Gasteiger partial charge in [-0.25, -0.2) is 0 Å². The molecular formula is C33H30F3N3. The highest BCUT2D eigenvalue weighted by Crippen LogP contribution is 2.35. The molecule has 0 bridgehead atoms. The molecule has 5 rings (SSSR count). The van der Waals surface area contributed by atoms with Gasteiger partial charge in [0.15, 0.2) is 0 Å². The first-order chi connectivity index (χ1) is 18.8. The Morgan fingerprint density at radius 2 is 1.72 bits per heavy atom. The van der Waals surface area contributed by atoms with Crippen molar-refractivity contribution in [3.8, 4) is 11.8 Å². The number of fused-ring (bicyclic) bond motifs is 1. The number of hydrogen-bond acceptors (Lipinski definition) is 3. The lowest BCUT2D eigenvalue weighted by molar-refractivity contribution is -0.138. The predicted octanol–water partition coefficient (Wildman–Crippen LogP) is 8.03. The third-order valence-electron chi connectivity index (χ3n) is 7.14. The van der Waals surface area contributed by atoms with Crippen LogP contribution in [0.2, 0.25) is 0 Å². The van der Waals surface area contributed by atoms with Crippen molar-refractivity contribution in [2.45, 2.75) is 38.9 Å².